The molecule has 2 N–H and O–H groups in total. The second-order valence-corrected chi connectivity index (χ2v) is 4.29. The summed E-state index contributed by atoms with van der Waals surface area (Å²) in [5, 5.41) is 17.9. The van der Waals surface area contributed by atoms with Crippen molar-refractivity contribution in [1.29, 1.82) is 0 Å². The third-order valence-corrected chi connectivity index (χ3v) is 2.86. The molecule has 0 saturated carbocycles. The van der Waals surface area contributed by atoms with E-state index in [4.69, 9.17) is 19.7 Å². The number of hydrogen-bond donors (Lipinski definition) is 2. The molecule has 112 valence electrons. The van der Waals surface area contributed by atoms with Gasteiger partial charge in [0, 0.05) is 0 Å². The molecular formula is C15H14F2O4. The van der Waals surface area contributed by atoms with Gasteiger partial charge in [-0.25, -0.2) is 8.78 Å². The first-order chi connectivity index (χ1) is 10.1. The Bertz CT molecular complexity index is 621. The van der Waals surface area contributed by atoms with Crippen molar-refractivity contribution in [3.63, 3.8) is 0 Å². The van der Waals surface area contributed by atoms with Crippen LogP contribution in [0.1, 0.15) is 11.1 Å². The Labute approximate surface area is 120 Å². The molecule has 0 aliphatic carbocycles. The maximum absolute atomic E-state index is 13.8. The van der Waals surface area contributed by atoms with Crippen molar-refractivity contribution >= 4 is 0 Å². The molecule has 0 atom stereocenters. The monoisotopic (exact) mass is 296 g/mol. The molecule has 0 saturated heterocycles. The first-order valence-corrected chi connectivity index (χ1v) is 6.13. The molecule has 4 nitrogen and oxygen atoms in total. The van der Waals surface area contributed by atoms with Crippen LogP contribution in [0, 0.1) is 11.6 Å². The van der Waals surface area contributed by atoms with E-state index in [-0.39, 0.29) is 23.7 Å². The van der Waals surface area contributed by atoms with Crippen LogP contribution in [0.15, 0.2) is 30.3 Å². The van der Waals surface area contributed by atoms with Gasteiger partial charge in [-0.1, -0.05) is 6.07 Å². The molecule has 0 aromatic heterocycles. The summed E-state index contributed by atoms with van der Waals surface area (Å²) in [5.74, 6) is -2.07. The Balaban J connectivity index is 2.38. The van der Waals surface area contributed by atoms with E-state index in [9.17, 15) is 8.78 Å². The van der Waals surface area contributed by atoms with Crippen LogP contribution in [0.4, 0.5) is 8.78 Å². The van der Waals surface area contributed by atoms with Crippen LogP contribution in [-0.4, -0.2) is 17.3 Å². The molecule has 0 radical (unpaired) electrons. The molecule has 0 heterocycles. The molecule has 6 heteroatoms. The van der Waals surface area contributed by atoms with Crippen molar-refractivity contribution in [3.05, 3.63) is 53.1 Å². The van der Waals surface area contributed by atoms with E-state index < -0.39 is 24.0 Å². The zero-order valence-corrected chi connectivity index (χ0v) is 11.3. The molecular weight excluding hydrogens is 282 g/mol. The summed E-state index contributed by atoms with van der Waals surface area (Å²) in [7, 11) is 1.38. The summed E-state index contributed by atoms with van der Waals surface area (Å²) in [6, 6.07) is 6.49. The highest BCUT2D eigenvalue weighted by atomic mass is 19.1. The second kappa shape index (κ2) is 6.51. The summed E-state index contributed by atoms with van der Waals surface area (Å²) in [6.45, 7) is -0.660. The third kappa shape index (κ3) is 3.29. The molecule has 0 unspecified atom stereocenters. The second-order valence-electron chi connectivity index (χ2n) is 4.29. The maximum Gasteiger partial charge on any atom is 0.198 e. The molecule has 0 aliphatic rings. The standard InChI is InChI=1S/C15H14F2O4/c1-20-14-6-9(7-18)2-3-13(14)21-15-11(16)4-10(8-19)5-12(15)17/h2-6,18-19H,7-8H2,1H3. The summed E-state index contributed by atoms with van der Waals surface area (Å²) in [4.78, 5) is 0. The topological polar surface area (TPSA) is 58.9 Å². The molecule has 2 aromatic rings. The highest BCUT2D eigenvalue weighted by Gasteiger charge is 2.16. The average Bonchev–Trinajstić information content (AvgIpc) is 2.50. The Kier molecular flexibility index (Phi) is 4.72. The van der Waals surface area contributed by atoms with Gasteiger partial charge < -0.3 is 19.7 Å². The van der Waals surface area contributed by atoms with E-state index in [2.05, 4.69) is 0 Å². The van der Waals surface area contributed by atoms with Gasteiger partial charge in [-0.05, 0) is 35.4 Å². The Morgan fingerprint density at radius 1 is 0.905 bits per heavy atom. The lowest BCUT2D eigenvalue weighted by atomic mass is 10.2. The van der Waals surface area contributed by atoms with Crippen molar-refractivity contribution in [2.75, 3.05) is 7.11 Å². The Morgan fingerprint density at radius 2 is 1.52 bits per heavy atom. The van der Waals surface area contributed by atoms with Gasteiger partial charge in [0.2, 0.25) is 0 Å². The number of aliphatic hydroxyl groups is 2. The van der Waals surface area contributed by atoms with Crippen molar-refractivity contribution in [2.24, 2.45) is 0 Å². The van der Waals surface area contributed by atoms with Gasteiger partial charge in [0.05, 0.1) is 20.3 Å². The SMILES string of the molecule is COc1cc(CO)ccc1Oc1c(F)cc(CO)cc1F. The molecule has 0 fully saturated rings. The van der Waals surface area contributed by atoms with Gasteiger partial charge in [-0.3, -0.25) is 0 Å². The lowest BCUT2D eigenvalue weighted by Crippen LogP contribution is -1.98. The minimum Gasteiger partial charge on any atom is -0.493 e. The van der Waals surface area contributed by atoms with E-state index in [1.807, 2.05) is 0 Å². The van der Waals surface area contributed by atoms with E-state index in [1.54, 1.807) is 6.07 Å². The van der Waals surface area contributed by atoms with Crippen LogP contribution < -0.4 is 9.47 Å². The summed E-state index contributed by atoms with van der Waals surface area (Å²) < 4.78 is 37.9. The molecule has 2 aromatic carbocycles. The van der Waals surface area contributed by atoms with Crippen LogP contribution >= 0.6 is 0 Å². The first kappa shape index (κ1) is 15.2. The zero-order chi connectivity index (χ0) is 15.4. The number of hydrogen-bond acceptors (Lipinski definition) is 4. The number of benzene rings is 2. The minimum atomic E-state index is -0.924. The van der Waals surface area contributed by atoms with Crippen LogP contribution in [0.3, 0.4) is 0 Å². The third-order valence-electron chi connectivity index (χ3n) is 2.86. The fraction of sp³-hybridized carbons (Fsp3) is 0.200. The summed E-state index contributed by atoms with van der Waals surface area (Å²) >= 11 is 0. The molecule has 2 rings (SSSR count). The van der Waals surface area contributed by atoms with Gasteiger partial charge in [-0.2, -0.15) is 0 Å². The Hall–Kier alpha value is -2.18. The average molecular weight is 296 g/mol. The fourth-order valence-corrected chi connectivity index (χ4v) is 1.81. The van der Waals surface area contributed by atoms with Crippen molar-refractivity contribution in [2.45, 2.75) is 13.2 Å². The van der Waals surface area contributed by atoms with E-state index in [0.717, 1.165) is 12.1 Å². The molecule has 21 heavy (non-hydrogen) atoms. The Morgan fingerprint density at radius 3 is 2.05 bits per heavy atom. The number of ether oxygens (including phenoxy) is 2. The highest BCUT2D eigenvalue weighted by Crippen LogP contribution is 2.35. The number of methoxy groups -OCH3 is 1. The summed E-state index contributed by atoms with van der Waals surface area (Å²) in [6.07, 6.45) is 0. The van der Waals surface area contributed by atoms with Gasteiger partial charge >= 0.3 is 0 Å². The highest BCUT2D eigenvalue weighted by molar-refractivity contribution is 5.46. The minimum absolute atomic E-state index is 0.111. The summed E-state index contributed by atoms with van der Waals surface area (Å²) in [5.41, 5.74) is 0.690. The number of halogens is 2. The maximum atomic E-state index is 13.8. The van der Waals surface area contributed by atoms with Crippen molar-refractivity contribution in [1.82, 2.24) is 0 Å². The fourth-order valence-electron chi connectivity index (χ4n) is 1.81. The number of rotatable bonds is 5. The van der Waals surface area contributed by atoms with Gasteiger partial charge in [0.1, 0.15) is 0 Å². The van der Waals surface area contributed by atoms with E-state index in [0.29, 0.717) is 5.56 Å². The van der Waals surface area contributed by atoms with Crippen LogP contribution in [0.2, 0.25) is 0 Å². The predicted molar refractivity (Wildman–Crippen MR) is 71.3 cm³/mol. The largest absolute Gasteiger partial charge is 0.493 e. The van der Waals surface area contributed by atoms with E-state index in [1.165, 1.54) is 19.2 Å². The smallest absolute Gasteiger partial charge is 0.198 e. The van der Waals surface area contributed by atoms with Gasteiger partial charge in [0.15, 0.2) is 28.9 Å². The lowest BCUT2D eigenvalue weighted by molar-refractivity contribution is 0.279. The van der Waals surface area contributed by atoms with Crippen LogP contribution in [-0.2, 0) is 13.2 Å². The van der Waals surface area contributed by atoms with Crippen LogP contribution in [0.25, 0.3) is 0 Å². The van der Waals surface area contributed by atoms with Gasteiger partial charge in [-0.15, -0.1) is 0 Å². The van der Waals surface area contributed by atoms with Crippen molar-refractivity contribution < 1.29 is 28.5 Å². The zero-order valence-electron chi connectivity index (χ0n) is 11.3. The predicted octanol–water partition coefficient (Wildman–Crippen LogP) is 2.75. The quantitative estimate of drug-likeness (QED) is 0.890. The number of aliphatic hydroxyl groups excluding tert-OH is 2. The lowest BCUT2D eigenvalue weighted by Gasteiger charge is -2.13. The molecule has 0 aliphatic heterocycles. The molecule has 0 amide bonds. The normalized spacial score (nSPS) is 10.5. The van der Waals surface area contributed by atoms with Crippen molar-refractivity contribution in [3.8, 4) is 17.2 Å². The first-order valence-electron chi connectivity index (χ1n) is 6.13. The molecule has 0 spiro atoms. The van der Waals surface area contributed by atoms with E-state index >= 15 is 0 Å². The molecule has 0 bridgehead atoms. The van der Waals surface area contributed by atoms with Crippen LogP contribution in [0.5, 0.6) is 17.2 Å². The van der Waals surface area contributed by atoms with Gasteiger partial charge in [0.25, 0.3) is 0 Å².